The molecule has 2 unspecified atom stereocenters. The summed E-state index contributed by atoms with van der Waals surface area (Å²) in [6, 6.07) is 14.4. The van der Waals surface area contributed by atoms with E-state index in [2.05, 4.69) is 59.7 Å². The van der Waals surface area contributed by atoms with Crippen LogP contribution in [0, 0.1) is 0 Å². The van der Waals surface area contributed by atoms with Crippen LogP contribution in [0.25, 0.3) is 0 Å². The molecule has 30 heavy (non-hydrogen) atoms. The monoisotopic (exact) mass is 451 g/mol. The molecule has 2 aliphatic rings. The molecular formula is C23H31Cl2N3O2. The molecule has 2 aromatic carbocycles. The largest absolute Gasteiger partial charge is 0.373 e. The number of nitrogens with one attached hydrogen (secondary N) is 2. The van der Waals surface area contributed by atoms with Gasteiger partial charge >= 0.3 is 0 Å². The van der Waals surface area contributed by atoms with E-state index in [1.54, 1.807) is 0 Å². The maximum Gasteiger partial charge on any atom is 0.251 e. The lowest BCUT2D eigenvalue weighted by Crippen LogP contribution is -2.44. The fraction of sp³-hybridized carbons (Fsp3) is 0.435. The third-order valence-electron chi connectivity index (χ3n) is 5.47. The maximum absolute atomic E-state index is 12.5. The van der Waals surface area contributed by atoms with E-state index in [9.17, 15) is 4.79 Å². The lowest BCUT2D eigenvalue weighted by molar-refractivity contribution is -0.0704. The van der Waals surface area contributed by atoms with Crippen molar-refractivity contribution in [3.63, 3.8) is 0 Å². The van der Waals surface area contributed by atoms with Crippen LogP contribution >= 0.6 is 24.8 Å². The molecule has 0 aromatic heterocycles. The molecular weight excluding hydrogens is 421 g/mol. The van der Waals surface area contributed by atoms with Crippen LogP contribution in [-0.4, -0.2) is 36.1 Å². The highest BCUT2D eigenvalue weighted by Gasteiger charge is 2.22. The first-order chi connectivity index (χ1) is 13.6. The van der Waals surface area contributed by atoms with Crippen molar-refractivity contribution in [2.24, 2.45) is 0 Å². The number of halogens is 2. The SMILES string of the molecule is CC1CN(Cc2ccc(C(=O)NCc3ccc4c(c3)CNC4)cc2)CC(C)O1.Cl.Cl. The third kappa shape index (κ3) is 6.19. The van der Waals surface area contributed by atoms with Gasteiger partial charge in [-0.1, -0.05) is 30.3 Å². The van der Waals surface area contributed by atoms with Crippen LogP contribution in [-0.2, 0) is 30.9 Å². The van der Waals surface area contributed by atoms with E-state index in [4.69, 9.17) is 4.74 Å². The van der Waals surface area contributed by atoms with Crippen LogP contribution in [0.2, 0.25) is 0 Å². The molecule has 5 nitrogen and oxygen atoms in total. The quantitative estimate of drug-likeness (QED) is 0.727. The molecule has 2 N–H and O–H groups in total. The Labute approximate surface area is 191 Å². The van der Waals surface area contributed by atoms with Gasteiger partial charge in [0.2, 0.25) is 0 Å². The molecule has 2 aliphatic heterocycles. The number of hydrogen-bond donors (Lipinski definition) is 2. The summed E-state index contributed by atoms with van der Waals surface area (Å²) in [6.07, 6.45) is 0.535. The third-order valence-corrected chi connectivity index (χ3v) is 5.47. The van der Waals surface area contributed by atoms with E-state index in [-0.39, 0.29) is 42.9 Å². The van der Waals surface area contributed by atoms with Crippen molar-refractivity contribution in [3.05, 3.63) is 70.3 Å². The molecule has 0 spiro atoms. The zero-order chi connectivity index (χ0) is 19.5. The first kappa shape index (κ1) is 24.6. The van der Waals surface area contributed by atoms with Gasteiger partial charge in [0, 0.05) is 44.8 Å². The molecule has 4 rings (SSSR count). The molecule has 164 valence electrons. The Morgan fingerprint density at radius 1 is 1.00 bits per heavy atom. The summed E-state index contributed by atoms with van der Waals surface area (Å²) < 4.78 is 5.79. The predicted molar refractivity (Wildman–Crippen MR) is 124 cm³/mol. The summed E-state index contributed by atoms with van der Waals surface area (Å²) in [5.41, 5.74) is 5.76. The lowest BCUT2D eigenvalue weighted by Gasteiger charge is -2.35. The van der Waals surface area contributed by atoms with E-state index in [0.29, 0.717) is 12.1 Å². The van der Waals surface area contributed by atoms with Gasteiger partial charge in [0.25, 0.3) is 5.91 Å². The van der Waals surface area contributed by atoms with Crippen molar-refractivity contribution in [1.82, 2.24) is 15.5 Å². The van der Waals surface area contributed by atoms with Crippen molar-refractivity contribution in [2.75, 3.05) is 13.1 Å². The van der Waals surface area contributed by atoms with Crippen molar-refractivity contribution >= 4 is 30.7 Å². The molecule has 1 fully saturated rings. The Hall–Kier alpha value is -1.63. The van der Waals surface area contributed by atoms with Gasteiger partial charge < -0.3 is 15.4 Å². The highest BCUT2D eigenvalue weighted by atomic mass is 35.5. The molecule has 2 atom stereocenters. The van der Waals surface area contributed by atoms with Crippen LogP contribution in [0.4, 0.5) is 0 Å². The zero-order valence-corrected chi connectivity index (χ0v) is 19.2. The van der Waals surface area contributed by atoms with E-state index in [1.807, 2.05) is 12.1 Å². The smallest absolute Gasteiger partial charge is 0.251 e. The lowest BCUT2D eigenvalue weighted by atomic mass is 10.1. The number of nitrogens with zero attached hydrogens (tertiary/aromatic N) is 1. The molecule has 0 bridgehead atoms. The summed E-state index contributed by atoms with van der Waals surface area (Å²) in [5.74, 6) is -0.0289. The summed E-state index contributed by atoms with van der Waals surface area (Å²) in [4.78, 5) is 14.9. The number of hydrogen-bond acceptors (Lipinski definition) is 4. The van der Waals surface area contributed by atoms with E-state index in [1.165, 1.54) is 16.7 Å². The minimum atomic E-state index is -0.0289. The van der Waals surface area contributed by atoms with Crippen molar-refractivity contribution in [2.45, 2.75) is 52.2 Å². The standard InChI is InChI=1S/C23H29N3O2.2ClH/c1-16-13-26(14-17(2)28-16)15-18-3-6-20(7-4-18)23(27)25-10-19-5-8-21-11-24-12-22(21)9-19;;/h3-9,16-17,24H,10-15H2,1-2H3,(H,25,27);2*1H. The van der Waals surface area contributed by atoms with Gasteiger partial charge in [-0.25, -0.2) is 0 Å². The van der Waals surface area contributed by atoms with E-state index in [0.717, 1.165) is 38.3 Å². The molecule has 0 radical (unpaired) electrons. The van der Waals surface area contributed by atoms with Gasteiger partial charge in [0.05, 0.1) is 12.2 Å². The van der Waals surface area contributed by atoms with E-state index < -0.39 is 0 Å². The van der Waals surface area contributed by atoms with Gasteiger partial charge in [-0.3, -0.25) is 9.69 Å². The molecule has 1 amide bonds. The summed E-state index contributed by atoms with van der Waals surface area (Å²) in [6.45, 7) is 9.43. The number of carbonyl (C=O) groups is 1. The average Bonchev–Trinajstić information content (AvgIpc) is 3.14. The first-order valence-corrected chi connectivity index (χ1v) is 10.1. The van der Waals surface area contributed by atoms with Gasteiger partial charge in [-0.2, -0.15) is 0 Å². The van der Waals surface area contributed by atoms with Crippen LogP contribution in [0.5, 0.6) is 0 Å². The summed E-state index contributed by atoms with van der Waals surface area (Å²) >= 11 is 0. The predicted octanol–water partition coefficient (Wildman–Crippen LogP) is 3.67. The Kier molecular flexibility index (Phi) is 9.13. The molecule has 0 saturated carbocycles. The molecule has 7 heteroatoms. The number of morpholine rings is 1. The number of carbonyl (C=O) groups excluding carboxylic acids is 1. The van der Waals surface area contributed by atoms with Crippen molar-refractivity contribution in [3.8, 4) is 0 Å². The molecule has 2 aromatic rings. The highest BCUT2D eigenvalue weighted by Crippen LogP contribution is 2.17. The second-order valence-corrected chi connectivity index (χ2v) is 8.04. The van der Waals surface area contributed by atoms with Crippen LogP contribution < -0.4 is 10.6 Å². The zero-order valence-electron chi connectivity index (χ0n) is 17.5. The minimum Gasteiger partial charge on any atom is -0.373 e. The second-order valence-electron chi connectivity index (χ2n) is 8.04. The van der Waals surface area contributed by atoms with Gasteiger partial charge in [0.15, 0.2) is 0 Å². The number of fused-ring (bicyclic) bond motifs is 1. The van der Waals surface area contributed by atoms with Gasteiger partial charge in [-0.15, -0.1) is 24.8 Å². The topological polar surface area (TPSA) is 53.6 Å². The molecule has 2 heterocycles. The molecule has 1 saturated heterocycles. The summed E-state index contributed by atoms with van der Waals surface area (Å²) in [5, 5.41) is 6.38. The average molecular weight is 452 g/mol. The van der Waals surface area contributed by atoms with Gasteiger partial charge in [0.1, 0.15) is 0 Å². The normalized spacial score (nSPS) is 20.6. The highest BCUT2D eigenvalue weighted by molar-refractivity contribution is 5.94. The Balaban J connectivity index is 0.00000160. The maximum atomic E-state index is 12.5. The number of ether oxygens (including phenoxy) is 1. The first-order valence-electron chi connectivity index (χ1n) is 10.1. The van der Waals surface area contributed by atoms with Gasteiger partial charge in [-0.05, 0) is 48.2 Å². The second kappa shape index (κ2) is 11.1. The Bertz CT molecular complexity index is 835. The molecule has 0 aliphatic carbocycles. The van der Waals surface area contributed by atoms with Crippen LogP contribution in [0.3, 0.4) is 0 Å². The van der Waals surface area contributed by atoms with Crippen molar-refractivity contribution in [1.29, 1.82) is 0 Å². The number of amides is 1. The Morgan fingerprint density at radius 2 is 1.63 bits per heavy atom. The van der Waals surface area contributed by atoms with Crippen molar-refractivity contribution < 1.29 is 9.53 Å². The Morgan fingerprint density at radius 3 is 2.33 bits per heavy atom. The number of rotatable bonds is 5. The number of benzene rings is 2. The van der Waals surface area contributed by atoms with Crippen LogP contribution in [0.1, 0.15) is 46.5 Å². The fourth-order valence-electron chi connectivity index (χ4n) is 4.18. The fourth-order valence-corrected chi connectivity index (χ4v) is 4.18. The minimum absolute atomic E-state index is 0. The van der Waals surface area contributed by atoms with Crippen LogP contribution in [0.15, 0.2) is 42.5 Å². The summed E-state index contributed by atoms with van der Waals surface area (Å²) in [7, 11) is 0. The van der Waals surface area contributed by atoms with E-state index >= 15 is 0 Å².